The lowest BCUT2D eigenvalue weighted by Gasteiger charge is -2.17. The number of aromatic hydroxyl groups is 1. The number of aliphatic hydroxyl groups excluding tert-OH is 1. The van der Waals surface area contributed by atoms with Gasteiger partial charge in [-0.3, -0.25) is 0 Å². The van der Waals surface area contributed by atoms with Crippen molar-refractivity contribution in [3.05, 3.63) is 58.4 Å². The van der Waals surface area contributed by atoms with Crippen LogP contribution < -0.4 is 21.3 Å². The molecule has 1 aromatic carbocycles. The van der Waals surface area contributed by atoms with Crippen LogP contribution in [0.3, 0.4) is 0 Å². The summed E-state index contributed by atoms with van der Waals surface area (Å²) in [4.78, 5) is 0. The average Bonchev–Trinajstić information content (AvgIpc) is 2.86. The second-order valence-corrected chi connectivity index (χ2v) is 9.24. The molecule has 2 aliphatic carbocycles. The SMILES string of the molecule is OC1=CCCC=C1CNCCCNCCCCNCCCNCc1c(O)ccc2c1C=CCC2. The van der Waals surface area contributed by atoms with Crippen molar-refractivity contribution < 1.29 is 10.2 Å². The molecule has 3 rings (SSSR count). The zero-order chi connectivity index (χ0) is 23.8. The van der Waals surface area contributed by atoms with Gasteiger partial charge in [0, 0.05) is 24.2 Å². The van der Waals surface area contributed by atoms with Crippen LogP contribution in [0.15, 0.2) is 41.7 Å². The quantitative estimate of drug-likeness (QED) is 0.194. The molecular weight excluding hydrogens is 424 g/mol. The number of unbranched alkanes of at least 4 members (excludes halogenated alkanes) is 1. The van der Waals surface area contributed by atoms with E-state index in [1.54, 1.807) is 0 Å². The molecule has 6 heteroatoms. The molecule has 6 N–H and O–H groups in total. The van der Waals surface area contributed by atoms with Crippen LogP contribution in [0.1, 0.15) is 61.6 Å². The van der Waals surface area contributed by atoms with Crippen molar-refractivity contribution in [1.82, 2.24) is 21.3 Å². The van der Waals surface area contributed by atoms with Crippen molar-refractivity contribution in [3.8, 4) is 5.75 Å². The van der Waals surface area contributed by atoms with E-state index in [2.05, 4.69) is 45.6 Å². The van der Waals surface area contributed by atoms with Crippen LogP contribution in [0, 0.1) is 0 Å². The fourth-order valence-electron chi connectivity index (χ4n) is 4.49. The van der Waals surface area contributed by atoms with Gasteiger partial charge in [0.1, 0.15) is 11.5 Å². The van der Waals surface area contributed by atoms with Gasteiger partial charge in [0.15, 0.2) is 0 Å². The molecule has 0 atom stereocenters. The number of benzene rings is 1. The summed E-state index contributed by atoms with van der Waals surface area (Å²) in [5, 5.41) is 34.0. The van der Waals surface area contributed by atoms with Gasteiger partial charge in [0.05, 0.1) is 0 Å². The zero-order valence-corrected chi connectivity index (χ0v) is 20.7. The lowest BCUT2D eigenvalue weighted by molar-refractivity contribution is 0.412. The smallest absolute Gasteiger partial charge is 0.120 e. The Morgan fingerprint density at radius 2 is 1.32 bits per heavy atom. The van der Waals surface area contributed by atoms with Crippen LogP contribution >= 0.6 is 0 Å². The number of hydrogen-bond donors (Lipinski definition) is 6. The van der Waals surface area contributed by atoms with E-state index in [4.69, 9.17) is 0 Å². The highest BCUT2D eigenvalue weighted by Gasteiger charge is 2.12. The summed E-state index contributed by atoms with van der Waals surface area (Å²) in [6, 6.07) is 3.89. The Balaban J connectivity index is 1.09. The third kappa shape index (κ3) is 9.26. The molecule has 0 saturated carbocycles. The number of fused-ring (bicyclic) bond motifs is 1. The number of phenolic OH excluding ortho intramolecular Hbond substituents is 1. The summed E-state index contributed by atoms with van der Waals surface area (Å²) in [6.07, 6.45) is 17.1. The van der Waals surface area contributed by atoms with Crippen LogP contribution in [0.5, 0.6) is 5.75 Å². The van der Waals surface area contributed by atoms with Crippen LogP contribution in [-0.4, -0.2) is 56.0 Å². The predicted molar refractivity (Wildman–Crippen MR) is 142 cm³/mol. The van der Waals surface area contributed by atoms with Gasteiger partial charge in [0.2, 0.25) is 0 Å². The van der Waals surface area contributed by atoms with Crippen LogP contribution in [0.25, 0.3) is 6.08 Å². The summed E-state index contributed by atoms with van der Waals surface area (Å²) < 4.78 is 0. The Labute approximate surface area is 205 Å². The molecule has 6 nitrogen and oxygen atoms in total. The van der Waals surface area contributed by atoms with E-state index in [-0.39, 0.29) is 0 Å². The van der Waals surface area contributed by atoms with Crippen LogP contribution in [-0.2, 0) is 13.0 Å². The average molecular weight is 469 g/mol. The van der Waals surface area contributed by atoms with Crippen LogP contribution in [0.4, 0.5) is 0 Å². The van der Waals surface area contributed by atoms with Gasteiger partial charge in [-0.2, -0.15) is 0 Å². The Morgan fingerprint density at radius 3 is 2.06 bits per heavy atom. The molecule has 0 bridgehead atoms. The molecule has 188 valence electrons. The lowest BCUT2D eigenvalue weighted by Crippen LogP contribution is -2.25. The van der Waals surface area contributed by atoms with Crippen LogP contribution in [0.2, 0.25) is 0 Å². The first kappa shape index (κ1) is 26.5. The van der Waals surface area contributed by atoms with E-state index in [0.29, 0.717) is 11.5 Å². The minimum atomic E-state index is 0.399. The maximum absolute atomic E-state index is 10.2. The Morgan fingerprint density at radius 1 is 0.676 bits per heavy atom. The first-order valence-corrected chi connectivity index (χ1v) is 13.2. The van der Waals surface area contributed by atoms with E-state index in [9.17, 15) is 10.2 Å². The van der Waals surface area contributed by atoms with E-state index in [1.165, 1.54) is 24.0 Å². The van der Waals surface area contributed by atoms with Crippen molar-refractivity contribution in [1.29, 1.82) is 0 Å². The maximum atomic E-state index is 10.2. The summed E-state index contributed by atoms with van der Waals surface area (Å²) in [5.74, 6) is 0.848. The largest absolute Gasteiger partial charge is 0.508 e. The molecule has 0 aromatic heterocycles. The van der Waals surface area contributed by atoms with Gasteiger partial charge in [0.25, 0.3) is 0 Å². The standard InChI is InChI=1S/C28H44N4O2/c33-27-12-4-2-10-24(27)21-31-19-7-17-29-15-5-6-16-30-18-8-20-32-22-26-25-11-3-1-9-23(25)13-14-28(26)34/h3,10-14,29-34H,1-2,4-9,15-22H2. The lowest BCUT2D eigenvalue weighted by atomic mass is 9.92. The Hall–Kier alpha value is -2.12. The number of aryl methyl sites for hydroxylation is 1. The summed E-state index contributed by atoms with van der Waals surface area (Å²) in [7, 11) is 0. The molecule has 0 amide bonds. The van der Waals surface area contributed by atoms with E-state index in [1.807, 2.05) is 12.1 Å². The molecule has 0 fully saturated rings. The number of aliphatic hydroxyl groups is 1. The summed E-state index contributed by atoms with van der Waals surface area (Å²) in [6.45, 7) is 7.58. The fraction of sp³-hybridized carbons (Fsp3) is 0.571. The number of nitrogens with one attached hydrogen (secondary N) is 4. The highest BCUT2D eigenvalue weighted by molar-refractivity contribution is 5.63. The monoisotopic (exact) mass is 468 g/mol. The molecule has 0 spiro atoms. The molecule has 0 saturated heterocycles. The number of allylic oxidation sites excluding steroid dienone is 3. The van der Waals surface area contributed by atoms with E-state index >= 15 is 0 Å². The number of hydrogen-bond acceptors (Lipinski definition) is 6. The van der Waals surface area contributed by atoms with Crippen molar-refractivity contribution in [3.63, 3.8) is 0 Å². The van der Waals surface area contributed by atoms with Crippen molar-refractivity contribution in [2.24, 2.45) is 0 Å². The molecule has 1 aromatic rings. The van der Waals surface area contributed by atoms with Gasteiger partial charge >= 0.3 is 0 Å². The Bertz CT molecular complexity index is 832. The third-order valence-corrected chi connectivity index (χ3v) is 6.50. The zero-order valence-electron chi connectivity index (χ0n) is 20.7. The van der Waals surface area contributed by atoms with Gasteiger partial charge in [-0.1, -0.05) is 24.3 Å². The second kappa shape index (κ2) is 15.7. The van der Waals surface area contributed by atoms with Gasteiger partial charge in [-0.05, 0) is 114 Å². The first-order valence-electron chi connectivity index (χ1n) is 13.2. The molecule has 34 heavy (non-hydrogen) atoms. The topological polar surface area (TPSA) is 88.6 Å². The normalized spacial score (nSPS) is 15.2. The van der Waals surface area contributed by atoms with Gasteiger partial charge in [-0.15, -0.1) is 0 Å². The van der Waals surface area contributed by atoms with Crippen molar-refractivity contribution >= 4 is 6.08 Å². The van der Waals surface area contributed by atoms with Crippen molar-refractivity contribution in [2.45, 2.75) is 57.9 Å². The predicted octanol–water partition coefficient (Wildman–Crippen LogP) is 3.93. The van der Waals surface area contributed by atoms with Gasteiger partial charge < -0.3 is 31.5 Å². The minimum absolute atomic E-state index is 0.399. The number of rotatable bonds is 17. The maximum Gasteiger partial charge on any atom is 0.120 e. The second-order valence-electron chi connectivity index (χ2n) is 9.24. The summed E-state index contributed by atoms with van der Waals surface area (Å²) in [5.41, 5.74) is 4.62. The first-order chi connectivity index (χ1) is 16.8. The third-order valence-electron chi connectivity index (χ3n) is 6.50. The number of phenols is 1. The molecular formula is C28H44N4O2. The molecule has 0 heterocycles. The summed E-state index contributed by atoms with van der Waals surface area (Å²) >= 11 is 0. The molecule has 0 aliphatic heterocycles. The minimum Gasteiger partial charge on any atom is -0.508 e. The molecule has 2 aliphatic rings. The van der Waals surface area contributed by atoms with E-state index < -0.39 is 0 Å². The van der Waals surface area contributed by atoms with Crippen molar-refractivity contribution in [2.75, 3.05) is 45.8 Å². The van der Waals surface area contributed by atoms with Gasteiger partial charge in [-0.25, -0.2) is 0 Å². The Kier molecular flexibility index (Phi) is 12.2. The van der Waals surface area contributed by atoms with E-state index in [0.717, 1.165) is 102 Å². The fourth-order valence-corrected chi connectivity index (χ4v) is 4.49. The highest BCUT2D eigenvalue weighted by atomic mass is 16.3. The molecule has 0 unspecified atom stereocenters. The highest BCUT2D eigenvalue weighted by Crippen LogP contribution is 2.29. The molecule has 0 radical (unpaired) electrons.